The predicted molar refractivity (Wildman–Crippen MR) is 80.8 cm³/mol. The highest BCUT2D eigenvalue weighted by molar-refractivity contribution is 5.48. The summed E-state index contributed by atoms with van der Waals surface area (Å²) in [6.45, 7) is 6.23. The van der Waals surface area contributed by atoms with E-state index in [4.69, 9.17) is 9.47 Å². The molecule has 0 aromatic heterocycles. The van der Waals surface area contributed by atoms with Crippen molar-refractivity contribution in [3.8, 4) is 0 Å². The van der Waals surface area contributed by atoms with Crippen molar-refractivity contribution >= 4 is 5.69 Å². The molecule has 0 spiro atoms. The van der Waals surface area contributed by atoms with E-state index in [0.717, 1.165) is 6.61 Å². The number of fused-ring (bicyclic) bond motifs is 1. The van der Waals surface area contributed by atoms with Crippen LogP contribution in [0.3, 0.4) is 0 Å². The fraction of sp³-hybridized carbons (Fsp3) is 0.647. The van der Waals surface area contributed by atoms with Gasteiger partial charge in [-0.1, -0.05) is 26.0 Å². The zero-order valence-electron chi connectivity index (χ0n) is 12.7. The van der Waals surface area contributed by atoms with Gasteiger partial charge in [-0.2, -0.15) is 0 Å². The van der Waals surface area contributed by atoms with Crippen molar-refractivity contribution in [2.24, 2.45) is 11.3 Å². The standard InChI is InChI=1S/C17H25NO2/c1-17(2)15(14-8-5-9-20-16(14)17)18-13-7-4-6-12(10-13)11-19-3/h4,6-7,10,14-16,18H,5,8-9,11H2,1-3H3. The molecule has 1 aromatic carbocycles. The van der Waals surface area contributed by atoms with Crippen LogP contribution in [0.4, 0.5) is 5.69 Å². The van der Waals surface area contributed by atoms with Gasteiger partial charge < -0.3 is 14.8 Å². The Kier molecular flexibility index (Phi) is 3.74. The number of rotatable bonds is 4. The molecule has 0 radical (unpaired) electrons. The highest BCUT2D eigenvalue weighted by Crippen LogP contribution is 2.52. The molecule has 1 saturated heterocycles. The maximum Gasteiger partial charge on any atom is 0.0713 e. The van der Waals surface area contributed by atoms with Gasteiger partial charge in [-0.25, -0.2) is 0 Å². The van der Waals surface area contributed by atoms with Crippen LogP contribution in [0.5, 0.6) is 0 Å². The number of hydrogen-bond donors (Lipinski definition) is 1. The molecular weight excluding hydrogens is 250 g/mol. The third kappa shape index (κ3) is 2.33. The SMILES string of the molecule is COCc1cccc(NC2C3CCCOC3C2(C)C)c1. The van der Waals surface area contributed by atoms with Crippen LogP contribution in [0, 0.1) is 11.3 Å². The molecule has 3 heteroatoms. The number of hydrogen-bond acceptors (Lipinski definition) is 3. The molecule has 20 heavy (non-hydrogen) atoms. The van der Waals surface area contributed by atoms with Gasteiger partial charge in [0.25, 0.3) is 0 Å². The predicted octanol–water partition coefficient (Wildman–Crippen LogP) is 3.45. The Morgan fingerprint density at radius 3 is 3.05 bits per heavy atom. The van der Waals surface area contributed by atoms with E-state index in [1.807, 2.05) is 0 Å². The van der Waals surface area contributed by atoms with Crippen molar-refractivity contribution < 1.29 is 9.47 Å². The third-order valence-corrected chi connectivity index (χ3v) is 4.89. The van der Waals surface area contributed by atoms with E-state index in [9.17, 15) is 0 Å². The quantitative estimate of drug-likeness (QED) is 0.913. The third-order valence-electron chi connectivity index (χ3n) is 4.89. The molecule has 3 nitrogen and oxygen atoms in total. The van der Waals surface area contributed by atoms with E-state index in [-0.39, 0.29) is 5.41 Å². The molecule has 3 rings (SSSR count). The van der Waals surface area contributed by atoms with E-state index in [1.165, 1.54) is 24.1 Å². The van der Waals surface area contributed by atoms with Crippen LogP contribution < -0.4 is 5.32 Å². The summed E-state index contributed by atoms with van der Waals surface area (Å²) >= 11 is 0. The highest BCUT2D eigenvalue weighted by atomic mass is 16.5. The summed E-state index contributed by atoms with van der Waals surface area (Å²) in [5.74, 6) is 0.657. The second kappa shape index (κ2) is 5.38. The first kappa shape index (κ1) is 13.9. The van der Waals surface area contributed by atoms with Crippen LogP contribution in [-0.4, -0.2) is 25.9 Å². The highest BCUT2D eigenvalue weighted by Gasteiger charge is 2.57. The number of methoxy groups -OCH3 is 1. The van der Waals surface area contributed by atoms with Crippen molar-refractivity contribution in [2.75, 3.05) is 19.0 Å². The van der Waals surface area contributed by atoms with Gasteiger partial charge in [0.1, 0.15) is 0 Å². The Labute approximate surface area is 121 Å². The summed E-state index contributed by atoms with van der Waals surface area (Å²) in [4.78, 5) is 0. The minimum Gasteiger partial charge on any atom is -0.381 e. The van der Waals surface area contributed by atoms with Crippen LogP contribution in [-0.2, 0) is 16.1 Å². The molecule has 2 fully saturated rings. The lowest BCUT2D eigenvalue weighted by Crippen LogP contribution is -2.67. The summed E-state index contributed by atoms with van der Waals surface area (Å²) in [5, 5.41) is 3.73. The van der Waals surface area contributed by atoms with E-state index in [2.05, 4.69) is 43.4 Å². The number of benzene rings is 1. The van der Waals surface area contributed by atoms with Crippen molar-refractivity contribution in [1.29, 1.82) is 0 Å². The monoisotopic (exact) mass is 275 g/mol. The van der Waals surface area contributed by atoms with E-state index in [0.29, 0.717) is 24.7 Å². The first-order valence-corrected chi connectivity index (χ1v) is 7.59. The molecule has 1 heterocycles. The van der Waals surface area contributed by atoms with Crippen molar-refractivity contribution in [3.63, 3.8) is 0 Å². The summed E-state index contributed by atoms with van der Waals surface area (Å²) < 4.78 is 11.2. The number of ether oxygens (including phenoxy) is 2. The first-order chi connectivity index (χ1) is 9.63. The van der Waals surface area contributed by atoms with Gasteiger partial charge in [0.15, 0.2) is 0 Å². The molecule has 1 N–H and O–H groups in total. The van der Waals surface area contributed by atoms with E-state index >= 15 is 0 Å². The van der Waals surface area contributed by atoms with Gasteiger partial charge >= 0.3 is 0 Å². The Morgan fingerprint density at radius 1 is 1.40 bits per heavy atom. The lowest BCUT2D eigenvalue weighted by molar-refractivity contribution is -0.177. The molecule has 110 valence electrons. The lowest BCUT2D eigenvalue weighted by Gasteiger charge is -2.60. The molecule has 1 aliphatic carbocycles. The maximum absolute atomic E-state index is 5.96. The molecule has 3 atom stereocenters. The topological polar surface area (TPSA) is 30.5 Å². The molecule has 1 aliphatic heterocycles. The summed E-state index contributed by atoms with van der Waals surface area (Å²) in [7, 11) is 1.74. The minimum absolute atomic E-state index is 0.211. The maximum atomic E-state index is 5.96. The van der Waals surface area contributed by atoms with Crippen LogP contribution in [0.2, 0.25) is 0 Å². The summed E-state index contributed by atoms with van der Waals surface area (Å²) in [5.41, 5.74) is 2.62. The van der Waals surface area contributed by atoms with Crippen LogP contribution in [0.15, 0.2) is 24.3 Å². The smallest absolute Gasteiger partial charge is 0.0713 e. The average Bonchev–Trinajstić information content (AvgIpc) is 2.46. The van der Waals surface area contributed by atoms with E-state index in [1.54, 1.807) is 7.11 Å². The second-order valence-electron chi connectivity index (χ2n) is 6.67. The average molecular weight is 275 g/mol. The van der Waals surface area contributed by atoms with Crippen LogP contribution >= 0.6 is 0 Å². The largest absolute Gasteiger partial charge is 0.381 e. The Bertz CT molecular complexity index is 472. The molecule has 3 unspecified atom stereocenters. The Hall–Kier alpha value is -1.06. The molecular formula is C17H25NO2. The second-order valence-corrected chi connectivity index (χ2v) is 6.67. The van der Waals surface area contributed by atoms with E-state index < -0.39 is 0 Å². The van der Waals surface area contributed by atoms with Gasteiger partial charge in [-0.3, -0.25) is 0 Å². The fourth-order valence-corrected chi connectivity index (χ4v) is 3.91. The van der Waals surface area contributed by atoms with Crippen molar-refractivity contribution in [1.82, 2.24) is 0 Å². The van der Waals surface area contributed by atoms with Gasteiger partial charge in [-0.05, 0) is 30.5 Å². The Morgan fingerprint density at radius 2 is 2.25 bits per heavy atom. The molecule has 2 aliphatic rings. The summed E-state index contributed by atoms with van der Waals surface area (Å²) in [6, 6.07) is 9.04. The minimum atomic E-state index is 0.211. The fourth-order valence-electron chi connectivity index (χ4n) is 3.91. The summed E-state index contributed by atoms with van der Waals surface area (Å²) in [6.07, 6.45) is 2.90. The van der Waals surface area contributed by atoms with Crippen LogP contribution in [0.1, 0.15) is 32.3 Å². The van der Waals surface area contributed by atoms with Gasteiger partial charge in [0.05, 0.1) is 12.7 Å². The van der Waals surface area contributed by atoms with Gasteiger partial charge in [-0.15, -0.1) is 0 Å². The number of anilines is 1. The van der Waals surface area contributed by atoms with Gasteiger partial charge in [0, 0.05) is 36.8 Å². The van der Waals surface area contributed by atoms with Crippen LogP contribution in [0.25, 0.3) is 0 Å². The molecule has 0 bridgehead atoms. The molecule has 0 amide bonds. The van der Waals surface area contributed by atoms with Crippen molar-refractivity contribution in [2.45, 2.75) is 45.4 Å². The zero-order valence-corrected chi connectivity index (χ0v) is 12.7. The zero-order chi connectivity index (χ0) is 14.2. The normalized spacial score (nSPS) is 31.2. The van der Waals surface area contributed by atoms with Crippen molar-refractivity contribution in [3.05, 3.63) is 29.8 Å². The van der Waals surface area contributed by atoms with Gasteiger partial charge in [0.2, 0.25) is 0 Å². The molecule has 1 saturated carbocycles. The Balaban J connectivity index is 1.72. The first-order valence-electron chi connectivity index (χ1n) is 7.59. The number of nitrogens with one attached hydrogen (secondary N) is 1. The lowest BCUT2D eigenvalue weighted by atomic mass is 9.55. The molecule has 1 aromatic rings.